The molecule has 0 bridgehead atoms. The second kappa shape index (κ2) is 4.18. The van der Waals surface area contributed by atoms with Crippen molar-refractivity contribution in [1.82, 2.24) is 0 Å². The summed E-state index contributed by atoms with van der Waals surface area (Å²) in [5, 5.41) is 10.4. The van der Waals surface area contributed by atoms with E-state index in [-0.39, 0.29) is 0 Å². The summed E-state index contributed by atoms with van der Waals surface area (Å²) in [5.74, 6) is 0.323. The minimum Gasteiger partial charge on any atom is -0.507 e. The van der Waals surface area contributed by atoms with Gasteiger partial charge in [0.15, 0.2) is 0 Å². The van der Waals surface area contributed by atoms with Gasteiger partial charge in [0, 0.05) is 0 Å². The van der Waals surface area contributed by atoms with Gasteiger partial charge in [-0.3, -0.25) is 0 Å². The lowest BCUT2D eigenvalue weighted by molar-refractivity contribution is 0.477. The highest BCUT2D eigenvalue weighted by Gasteiger charge is 2.07. The molecule has 0 radical (unpaired) electrons. The lowest BCUT2D eigenvalue weighted by atomic mass is 10.1. The quantitative estimate of drug-likeness (QED) is 0.689. The van der Waals surface area contributed by atoms with Crippen LogP contribution in [0.3, 0.4) is 0 Å². The number of hydrogen-bond donors (Lipinski definition) is 1. The minimum absolute atomic E-state index is 0.323. The number of rotatable bonds is 0. The monoisotopic (exact) mass is 192 g/mol. The number of furan rings is 1. The topological polar surface area (TPSA) is 33.4 Å². The van der Waals surface area contributed by atoms with Crippen molar-refractivity contribution in [2.75, 3.05) is 0 Å². The van der Waals surface area contributed by atoms with E-state index in [4.69, 9.17) is 4.42 Å². The van der Waals surface area contributed by atoms with Crippen molar-refractivity contribution in [2.24, 2.45) is 0 Å². The molecule has 0 unspecified atom stereocenters. The summed E-state index contributed by atoms with van der Waals surface area (Å²) in [4.78, 5) is 0. The Bertz CT molecular complexity index is 427. The zero-order valence-electron chi connectivity index (χ0n) is 9.09. The lowest BCUT2D eigenvalue weighted by Gasteiger charge is -2.01. The fourth-order valence-corrected chi connectivity index (χ4v) is 1.47. The highest BCUT2D eigenvalue weighted by molar-refractivity contribution is 5.87. The van der Waals surface area contributed by atoms with Crippen LogP contribution in [0, 0.1) is 13.8 Å². The molecule has 0 aliphatic heterocycles. The molecule has 0 atom stereocenters. The predicted octanol–water partition coefficient (Wildman–Crippen LogP) is 3.78. The molecular formula is C12H16O2. The minimum atomic E-state index is 0.323. The van der Waals surface area contributed by atoms with Crippen molar-refractivity contribution in [3.63, 3.8) is 0 Å². The van der Waals surface area contributed by atoms with Gasteiger partial charge in [-0.2, -0.15) is 0 Å². The number of aryl methyl sites for hydroxylation is 2. The van der Waals surface area contributed by atoms with Gasteiger partial charge in [-0.25, -0.2) is 0 Å². The van der Waals surface area contributed by atoms with Crippen LogP contribution >= 0.6 is 0 Å². The molecule has 0 spiro atoms. The summed E-state index contributed by atoms with van der Waals surface area (Å²) in [7, 11) is 0. The van der Waals surface area contributed by atoms with Crippen LogP contribution in [0.1, 0.15) is 25.0 Å². The van der Waals surface area contributed by atoms with Gasteiger partial charge in [-0.1, -0.05) is 13.8 Å². The molecule has 2 heteroatoms. The fraction of sp³-hybridized carbons (Fsp3) is 0.333. The average molecular weight is 192 g/mol. The van der Waals surface area contributed by atoms with Crippen molar-refractivity contribution in [2.45, 2.75) is 27.7 Å². The molecular weight excluding hydrogens is 176 g/mol. The highest BCUT2D eigenvalue weighted by atomic mass is 16.3. The molecule has 1 N–H and O–H groups in total. The van der Waals surface area contributed by atoms with Gasteiger partial charge in [0.05, 0.1) is 11.6 Å². The largest absolute Gasteiger partial charge is 0.507 e. The summed E-state index contributed by atoms with van der Waals surface area (Å²) in [6.07, 6.45) is 1.59. The molecule has 0 saturated carbocycles. The number of benzene rings is 1. The second-order valence-electron chi connectivity index (χ2n) is 3.02. The van der Waals surface area contributed by atoms with E-state index in [9.17, 15) is 5.11 Å². The molecule has 0 aliphatic rings. The third kappa shape index (κ3) is 1.60. The van der Waals surface area contributed by atoms with Gasteiger partial charge in [0.2, 0.25) is 0 Å². The molecule has 14 heavy (non-hydrogen) atoms. The van der Waals surface area contributed by atoms with Crippen LogP contribution in [0.5, 0.6) is 5.75 Å². The van der Waals surface area contributed by atoms with E-state index in [2.05, 4.69) is 0 Å². The van der Waals surface area contributed by atoms with Gasteiger partial charge >= 0.3 is 0 Å². The average Bonchev–Trinajstić information content (AvgIpc) is 2.67. The standard InChI is InChI=1S/C10H10O2.C2H6/c1-6-5-7(2)10-8(9(6)11)3-4-12-10;1-2/h3-5,11H,1-2H3;1-2H3. The molecule has 1 aromatic heterocycles. The molecule has 76 valence electrons. The summed E-state index contributed by atoms with van der Waals surface area (Å²) in [6.45, 7) is 7.85. The Labute approximate surface area is 84.2 Å². The predicted molar refractivity (Wildman–Crippen MR) is 58.7 cm³/mol. The van der Waals surface area contributed by atoms with Crippen LogP contribution in [0.25, 0.3) is 11.0 Å². The SMILES string of the molecule is CC.Cc1cc(C)c2occc2c1O. The molecule has 2 rings (SSSR count). The van der Waals surface area contributed by atoms with Gasteiger partial charge in [-0.05, 0) is 37.1 Å². The first-order valence-corrected chi connectivity index (χ1v) is 4.86. The first kappa shape index (κ1) is 10.6. The first-order chi connectivity index (χ1) is 6.70. The van der Waals surface area contributed by atoms with Crippen molar-refractivity contribution in [3.05, 3.63) is 29.5 Å². The third-order valence-corrected chi connectivity index (χ3v) is 2.09. The molecule has 0 amide bonds. The van der Waals surface area contributed by atoms with Gasteiger partial charge < -0.3 is 9.52 Å². The molecule has 2 aromatic rings. The van der Waals surface area contributed by atoms with Crippen molar-refractivity contribution in [3.8, 4) is 5.75 Å². The van der Waals surface area contributed by atoms with Gasteiger partial charge in [0.25, 0.3) is 0 Å². The fourth-order valence-electron chi connectivity index (χ4n) is 1.47. The third-order valence-electron chi connectivity index (χ3n) is 2.09. The Kier molecular flexibility index (Phi) is 3.18. The highest BCUT2D eigenvalue weighted by Crippen LogP contribution is 2.31. The Hall–Kier alpha value is -1.44. The van der Waals surface area contributed by atoms with Crippen LogP contribution in [0.15, 0.2) is 22.8 Å². The molecule has 1 heterocycles. The van der Waals surface area contributed by atoms with E-state index in [1.165, 1.54) is 0 Å². The van der Waals surface area contributed by atoms with Gasteiger partial charge in [-0.15, -0.1) is 0 Å². The van der Waals surface area contributed by atoms with Crippen molar-refractivity contribution in [1.29, 1.82) is 0 Å². The number of fused-ring (bicyclic) bond motifs is 1. The zero-order chi connectivity index (χ0) is 10.7. The van der Waals surface area contributed by atoms with Crippen LogP contribution in [0.4, 0.5) is 0 Å². The molecule has 0 saturated heterocycles. The van der Waals surface area contributed by atoms with E-state index in [0.717, 1.165) is 22.1 Å². The van der Waals surface area contributed by atoms with E-state index >= 15 is 0 Å². The Balaban J connectivity index is 0.000000461. The summed E-state index contributed by atoms with van der Waals surface area (Å²) in [5.41, 5.74) is 2.73. The van der Waals surface area contributed by atoms with Gasteiger partial charge in [0.1, 0.15) is 11.3 Å². The van der Waals surface area contributed by atoms with E-state index in [1.807, 2.05) is 33.8 Å². The first-order valence-electron chi connectivity index (χ1n) is 4.86. The zero-order valence-corrected chi connectivity index (χ0v) is 9.09. The molecule has 2 nitrogen and oxygen atoms in total. The Morgan fingerprint density at radius 2 is 1.79 bits per heavy atom. The Morgan fingerprint density at radius 3 is 2.43 bits per heavy atom. The number of phenolic OH excluding ortho intramolecular Hbond substituents is 1. The van der Waals surface area contributed by atoms with E-state index in [1.54, 1.807) is 12.3 Å². The summed E-state index contributed by atoms with van der Waals surface area (Å²) >= 11 is 0. The van der Waals surface area contributed by atoms with E-state index in [0.29, 0.717) is 5.75 Å². The summed E-state index contributed by atoms with van der Waals surface area (Å²) < 4.78 is 5.22. The maximum absolute atomic E-state index is 9.61. The Morgan fingerprint density at radius 1 is 1.14 bits per heavy atom. The molecule has 0 aliphatic carbocycles. The van der Waals surface area contributed by atoms with Crippen molar-refractivity contribution >= 4 is 11.0 Å². The lowest BCUT2D eigenvalue weighted by Crippen LogP contribution is -1.79. The number of phenols is 1. The maximum atomic E-state index is 9.61. The normalized spacial score (nSPS) is 9.71. The van der Waals surface area contributed by atoms with Crippen LogP contribution in [0.2, 0.25) is 0 Å². The number of hydrogen-bond acceptors (Lipinski definition) is 2. The van der Waals surface area contributed by atoms with E-state index < -0.39 is 0 Å². The van der Waals surface area contributed by atoms with Crippen LogP contribution in [-0.4, -0.2) is 5.11 Å². The van der Waals surface area contributed by atoms with Crippen LogP contribution in [-0.2, 0) is 0 Å². The van der Waals surface area contributed by atoms with Crippen LogP contribution < -0.4 is 0 Å². The van der Waals surface area contributed by atoms with Crippen molar-refractivity contribution < 1.29 is 9.52 Å². The molecule has 1 aromatic carbocycles. The summed E-state index contributed by atoms with van der Waals surface area (Å²) in [6, 6.07) is 3.70. The molecule has 0 fully saturated rings. The number of aromatic hydroxyl groups is 1. The smallest absolute Gasteiger partial charge is 0.140 e. The second-order valence-corrected chi connectivity index (χ2v) is 3.02. The maximum Gasteiger partial charge on any atom is 0.140 e.